The zero-order chi connectivity index (χ0) is 13.6. The third-order valence-corrected chi connectivity index (χ3v) is 2.12. The van der Waals surface area contributed by atoms with Crippen molar-refractivity contribution in [2.75, 3.05) is 13.4 Å². The Labute approximate surface area is 110 Å². The summed E-state index contributed by atoms with van der Waals surface area (Å²) in [5.74, 6) is 2.19. The smallest absolute Gasteiger partial charge is 0.189 e. The first-order valence-electron chi connectivity index (χ1n) is 6.36. The van der Waals surface area contributed by atoms with Gasteiger partial charge < -0.3 is 14.2 Å². The van der Waals surface area contributed by atoms with E-state index in [9.17, 15) is 0 Å². The Bertz CT molecular complexity index is 336. The van der Waals surface area contributed by atoms with Crippen molar-refractivity contribution in [3.8, 4) is 11.5 Å². The van der Waals surface area contributed by atoms with Crippen molar-refractivity contribution >= 4 is 0 Å². The predicted octanol–water partition coefficient (Wildman–Crippen LogP) is 3.87. The van der Waals surface area contributed by atoms with Crippen molar-refractivity contribution in [2.24, 2.45) is 5.92 Å². The van der Waals surface area contributed by atoms with Gasteiger partial charge in [-0.25, -0.2) is 0 Å². The first kappa shape index (κ1) is 14.8. The molecule has 0 spiro atoms. The van der Waals surface area contributed by atoms with Crippen LogP contribution in [0.25, 0.3) is 0 Å². The van der Waals surface area contributed by atoms with Gasteiger partial charge in [0.15, 0.2) is 6.79 Å². The van der Waals surface area contributed by atoms with Crippen LogP contribution >= 0.6 is 0 Å². The van der Waals surface area contributed by atoms with Gasteiger partial charge in [-0.05, 0) is 51.0 Å². The van der Waals surface area contributed by atoms with Crippen molar-refractivity contribution in [1.29, 1.82) is 0 Å². The van der Waals surface area contributed by atoms with E-state index in [2.05, 4.69) is 13.8 Å². The highest BCUT2D eigenvalue weighted by Crippen LogP contribution is 2.18. The average molecular weight is 252 g/mol. The molecule has 18 heavy (non-hydrogen) atoms. The van der Waals surface area contributed by atoms with Crippen LogP contribution in [0.2, 0.25) is 0 Å². The van der Waals surface area contributed by atoms with Crippen LogP contribution < -0.4 is 9.47 Å². The fourth-order valence-corrected chi connectivity index (χ4v) is 1.17. The molecule has 3 nitrogen and oxygen atoms in total. The monoisotopic (exact) mass is 252 g/mol. The van der Waals surface area contributed by atoms with Crippen LogP contribution in [0, 0.1) is 5.92 Å². The van der Waals surface area contributed by atoms with Crippen molar-refractivity contribution in [3.63, 3.8) is 0 Å². The maximum Gasteiger partial charge on any atom is 0.189 e. The molecule has 1 rings (SSSR count). The number of hydrogen-bond donors (Lipinski definition) is 0. The third kappa shape index (κ3) is 6.50. The van der Waals surface area contributed by atoms with E-state index in [1.807, 2.05) is 45.0 Å². The summed E-state index contributed by atoms with van der Waals surface area (Å²) in [6.07, 6.45) is 0. The highest BCUT2D eigenvalue weighted by molar-refractivity contribution is 5.31. The van der Waals surface area contributed by atoms with Crippen LogP contribution in [0.15, 0.2) is 24.3 Å². The number of ether oxygens (including phenoxy) is 3. The summed E-state index contributed by atoms with van der Waals surface area (Å²) in [6, 6.07) is 7.60. The van der Waals surface area contributed by atoms with Crippen molar-refractivity contribution in [1.82, 2.24) is 0 Å². The summed E-state index contributed by atoms with van der Waals surface area (Å²) in [5.41, 5.74) is -0.180. The molecule has 0 aliphatic carbocycles. The van der Waals surface area contributed by atoms with E-state index in [1.54, 1.807) is 0 Å². The second kappa shape index (κ2) is 6.64. The van der Waals surface area contributed by atoms with E-state index < -0.39 is 0 Å². The molecule has 0 radical (unpaired) electrons. The molecule has 3 heteroatoms. The van der Waals surface area contributed by atoms with E-state index in [4.69, 9.17) is 14.2 Å². The molecule has 0 unspecified atom stereocenters. The lowest BCUT2D eigenvalue weighted by Gasteiger charge is -2.19. The van der Waals surface area contributed by atoms with Crippen LogP contribution in [0.1, 0.15) is 34.6 Å². The lowest BCUT2D eigenvalue weighted by Crippen LogP contribution is -2.22. The molecule has 0 bridgehead atoms. The Hall–Kier alpha value is -1.22. The molecule has 0 atom stereocenters. The largest absolute Gasteiger partial charge is 0.493 e. The normalized spacial score (nSPS) is 11.7. The van der Waals surface area contributed by atoms with Gasteiger partial charge in [-0.2, -0.15) is 0 Å². The summed E-state index contributed by atoms with van der Waals surface area (Å²) in [5, 5.41) is 0. The van der Waals surface area contributed by atoms with Gasteiger partial charge in [0.05, 0.1) is 12.2 Å². The zero-order valence-corrected chi connectivity index (χ0v) is 12.0. The maximum atomic E-state index is 5.59. The molecule has 0 aliphatic rings. The molecule has 0 saturated carbocycles. The molecule has 0 heterocycles. The molecule has 0 N–H and O–H groups in total. The Morgan fingerprint density at radius 2 is 1.44 bits per heavy atom. The predicted molar refractivity (Wildman–Crippen MR) is 73.1 cm³/mol. The van der Waals surface area contributed by atoms with Gasteiger partial charge in [0.1, 0.15) is 11.5 Å². The Balaban J connectivity index is 2.36. The topological polar surface area (TPSA) is 27.7 Å². The summed E-state index contributed by atoms with van der Waals surface area (Å²) >= 11 is 0. The van der Waals surface area contributed by atoms with Crippen LogP contribution in [0.3, 0.4) is 0 Å². The Morgan fingerprint density at radius 3 is 1.89 bits per heavy atom. The van der Waals surface area contributed by atoms with E-state index in [-0.39, 0.29) is 12.4 Å². The Morgan fingerprint density at radius 1 is 0.944 bits per heavy atom. The summed E-state index contributed by atoms with van der Waals surface area (Å²) < 4.78 is 16.6. The number of hydrogen-bond acceptors (Lipinski definition) is 3. The highest BCUT2D eigenvalue weighted by Gasteiger charge is 2.09. The quantitative estimate of drug-likeness (QED) is 0.719. The van der Waals surface area contributed by atoms with Gasteiger partial charge in [-0.1, -0.05) is 13.8 Å². The minimum atomic E-state index is -0.180. The van der Waals surface area contributed by atoms with Gasteiger partial charge >= 0.3 is 0 Å². The van der Waals surface area contributed by atoms with Crippen LogP contribution in [-0.4, -0.2) is 19.0 Å². The lowest BCUT2D eigenvalue weighted by atomic mass is 10.2. The second-order valence-corrected chi connectivity index (χ2v) is 5.70. The third-order valence-electron chi connectivity index (χ3n) is 2.12. The fourth-order valence-electron chi connectivity index (χ4n) is 1.17. The molecule has 1 aromatic carbocycles. The molecule has 102 valence electrons. The molecule has 0 amide bonds. The SMILES string of the molecule is CC(C)COc1ccc(OCOC(C)(C)C)cc1. The van der Waals surface area contributed by atoms with Gasteiger partial charge in [-0.3, -0.25) is 0 Å². The van der Waals surface area contributed by atoms with Crippen molar-refractivity contribution in [2.45, 2.75) is 40.2 Å². The van der Waals surface area contributed by atoms with Crippen LogP contribution in [-0.2, 0) is 4.74 Å². The summed E-state index contributed by atoms with van der Waals surface area (Å²) in [7, 11) is 0. The van der Waals surface area contributed by atoms with Crippen molar-refractivity contribution in [3.05, 3.63) is 24.3 Å². The fraction of sp³-hybridized carbons (Fsp3) is 0.600. The molecule has 0 saturated heterocycles. The van der Waals surface area contributed by atoms with E-state index in [0.29, 0.717) is 5.92 Å². The van der Waals surface area contributed by atoms with E-state index in [1.165, 1.54) is 0 Å². The minimum absolute atomic E-state index is 0.180. The number of rotatable bonds is 6. The summed E-state index contributed by atoms with van der Waals surface area (Å²) in [4.78, 5) is 0. The highest BCUT2D eigenvalue weighted by atomic mass is 16.7. The first-order valence-corrected chi connectivity index (χ1v) is 6.36. The maximum absolute atomic E-state index is 5.59. The number of benzene rings is 1. The molecule has 0 fully saturated rings. The van der Waals surface area contributed by atoms with E-state index in [0.717, 1.165) is 18.1 Å². The molecular formula is C15H24O3. The lowest BCUT2D eigenvalue weighted by molar-refractivity contribution is -0.0758. The molecular weight excluding hydrogens is 228 g/mol. The van der Waals surface area contributed by atoms with Crippen molar-refractivity contribution < 1.29 is 14.2 Å². The minimum Gasteiger partial charge on any atom is -0.493 e. The Kier molecular flexibility index (Phi) is 5.48. The van der Waals surface area contributed by atoms with Gasteiger partial charge in [-0.15, -0.1) is 0 Å². The molecule has 1 aromatic rings. The van der Waals surface area contributed by atoms with Gasteiger partial charge in [0, 0.05) is 0 Å². The summed E-state index contributed by atoms with van der Waals surface area (Å²) in [6.45, 7) is 11.2. The van der Waals surface area contributed by atoms with Gasteiger partial charge in [0.2, 0.25) is 0 Å². The molecule has 0 aliphatic heterocycles. The standard InChI is InChI=1S/C15H24O3/c1-12(2)10-16-13-6-8-14(9-7-13)17-11-18-15(3,4)5/h6-9,12H,10-11H2,1-5H3. The van der Waals surface area contributed by atoms with Gasteiger partial charge in [0.25, 0.3) is 0 Å². The van der Waals surface area contributed by atoms with Crippen LogP contribution in [0.5, 0.6) is 11.5 Å². The molecule has 0 aromatic heterocycles. The van der Waals surface area contributed by atoms with E-state index >= 15 is 0 Å². The van der Waals surface area contributed by atoms with Crippen LogP contribution in [0.4, 0.5) is 0 Å². The second-order valence-electron chi connectivity index (χ2n) is 5.70. The zero-order valence-electron chi connectivity index (χ0n) is 12.0. The average Bonchev–Trinajstić information content (AvgIpc) is 2.26. The first-order chi connectivity index (χ1) is 8.37.